The van der Waals surface area contributed by atoms with E-state index < -0.39 is 11.8 Å². The van der Waals surface area contributed by atoms with Gasteiger partial charge < -0.3 is 14.8 Å². The second kappa shape index (κ2) is 9.40. The molecule has 7 nitrogen and oxygen atoms in total. The minimum Gasteiger partial charge on any atom is -0.462 e. The lowest BCUT2D eigenvalue weighted by Gasteiger charge is -2.36. The summed E-state index contributed by atoms with van der Waals surface area (Å²) >= 11 is 0. The summed E-state index contributed by atoms with van der Waals surface area (Å²) in [7, 11) is 0. The number of carbonyl (C=O) groups excluding carboxylic acids is 2. The largest absolute Gasteiger partial charge is 0.462 e. The van der Waals surface area contributed by atoms with Crippen molar-refractivity contribution in [2.75, 3.05) is 26.4 Å². The molecular weight excluding hydrogens is 413 g/mol. The van der Waals surface area contributed by atoms with Crippen molar-refractivity contribution in [2.45, 2.75) is 52.5 Å². The van der Waals surface area contributed by atoms with Crippen LogP contribution >= 0.6 is 0 Å². The number of hydrogen-bond donors (Lipinski definition) is 1. The van der Waals surface area contributed by atoms with E-state index in [0.29, 0.717) is 50.3 Å². The van der Waals surface area contributed by atoms with Crippen LogP contribution in [0.25, 0.3) is 0 Å². The Morgan fingerprint density at radius 2 is 2.12 bits per heavy atom. The maximum atomic E-state index is 13.7. The molecule has 1 amide bonds. The summed E-state index contributed by atoms with van der Waals surface area (Å²) < 4.78 is 26.5. The highest BCUT2D eigenvalue weighted by molar-refractivity contribution is 5.97. The van der Waals surface area contributed by atoms with E-state index in [9.17, 15) is 14.0 Å². The number of amides is 1. The predicted molar refractivity (Wildman–Crippen MR) is 116 cm³/mol. The maximum Gasteiger partial charge on any atom is 0.338 e. The van der Waals surface area contributed by atoms with E-state index in [0.717, 1.165) is 30.7 Å². The predicted octanol–water partition coefficient (Wildman–Crippen LogP) is 3.22. The highest BCUT2D eigenvalue weighted by atomic mass is 19.1. The Bertz CT molecular complexity index is 1010. The van der Waals surface area contributed by atoms with E-state index in [2.05, 4.69) is 5.32 Å². The first kappa shape index (κ1) is 22.5. The van der Waals surface area contributed by atoms with E-state index in [4.69, 9.17) is 14.6 Å². The minimum absolute atomic E-state index is 0.00999. The highest BCUT2D eigenvalue weighted by Crippen LogP contribution is 2.37. The molecule has 0 aliphatic carbocycles. The van der Waals surface area contributed by atoms with Crippen LogP contribution in [0.2, 0.25) is 0 Å². The number of nitrogens with one attached hydrogen (secondary N) is 1. The Balaban J connectivity index is 1.44. The minimum atomic E-state index is -0.544. The lowest BCUT2D eigenvalue weighted by Crippen LogP contribution is -2.40. The van der Waals surface area contributed by atoms with E-state index in [-0.39, 0.29) is 23.5 Å². The van der Waals surface area contributed by atoms with E-state index >= 15 is 0 Å². The molecule has 1 fully saturated rings. The van der Waals surface area contributed by atoms with Gasteiger partial charge in [0, 0.05) is 32.7 Å². The Morgan fingerprint density at radius 3 is 2.84 bits per heavy atom. The third kappa shape index (κ3) is 4.55. The number of ether oxygens (including phenoxy) is 2. The molecule has 0 unspecified atom stereocenters. The maximum absolute atomic E-state index is 13.7. The summed E-state index contributed by atoms with van der Waals surface area (Å²) in [5.41, 5.74) is 3.14. The van der Waals surface area contributed by atoms with Crippen LogP contribution in [0.15, 0.2) is 18.2 Å². The molecule has 1 spiro atoms. The van der Waals surface area contributed by atoms with E-state index in [1.54, 1.807) is 19.1 Å². The summed E-state index contributed by atoms with van der Waals surface area (Å²) in [4.78, 5) is 25.1. The molecular formula is C24H30FN3O4. The van der Waals surface area contributed by atoms with Crippen molar-refractivity contribution in [3.8, 4) is 0 Å². The van der Waals surface area contributed by atoms with Crippen molar-refractivity contribution in [1.29, 1.82) is 0 Å². The van der Waals surface area contributed by atoms with Gasteiger partial charge in [0.25, 0.3) is 5.91 Å². The molecule has 32 heavy (non-hydrogen) atoms. The number of rotatable bonds is 6. The van der Waals surface area contributed by atoms with Gasteiger partial charge in [0.15, 0.2) is 0 Å². The summed E-state index contributed by atoms with van der Waals surface area (Å²) in [6.45, 7) is 6.43. The van der Waals surface area contributed by atoms with Crippen LogP contribution in [-0.2, 0) is 28.9 Å². The van der Waals surface area contributed by atoms with Crippen molar-refractivity contribution in [2.24, 2.45) is 5.41 Å². The molecule has 1 aromatic heterocycles. The van der Waals surface area contributed by atoms with Crippen LogP contribution in [0.5, 0.6) is 0 Å². The first-order chi connectivity index (χ1) is 15.4. The van der Waals surface area contributed by atoms with Gasteiger partial charge in [0.05, 0.1) is 29.1 Å². The number of esters is 1. The van der Waals surface area contributed by atoms with Gasteiger partial charge in [0.1, 0.15) is 5.82 Å². The lowest BCUT2D eigenvalue weighted by atomic mass is 9.76. The smallest absolute Gasteiger partial charge is 0.338 e. The van der Waals surface area contributed by atoms with Gasteiger partial charge in [-0.15, -0.1) is 0 Å². The molecule has 0 radical (unpaired) electrons. The molecule has 2 aromatic rings. The van der Waals surface area contributed by atoms with Crippen LogP contribution in [-0.4, -0.2) is 48.0 Å². The Hall–Kier alpha value is -2.74. The average Bonchev–Trinajstić information content (AvgIpc) is 3.07. The molecule has 0 atom stereocenters. The molecule has 1 saturated heterocycles. The van der Waals surface area contributed by atoms with Gasteiger partial charge in [-0.1, -0.05) is 13.0 Å². The lowest BCUT2D eigenvalue weighted by molar-refractivity contribution is 0.0152. The van der Waals surface area contributed by atoms with Gasteiger partial charge in [-0.3, -0.25) is 9.48 Å². The number of aryl methyl sites for hydroxylation is 3. The van der Waals surface area contributed by atoms with Crippen LogP contribution in [0.1, 0.15) is 63.9 Å². The van der Waals surface area contributed by atoms with Gasteiger partial charge in [-0.25, -0.2) is 9.18 Å². The van der Waals surface area contributed by atoms with Crippen LogP contribution in [0, 0.1) is 18.2 Å². The Labute approximate surface area is 187 Å². The van der Waals surface area contributed by atoms with Gasteiger partial charge in [-0.2, -0.15) is 5.10 Å². The van der Waals surface area contributed by atoms with Crippen molar-refractivity contribution in [3.05, 3.63) is 52.1 Å². The monoisotopic (exact) mass is 443 g/mol. The number of fused-ring (bicyclic) bond motifs is 1. The molecule has 1 N–H and O–H groups in total. The van der Waals surface area contributed by atoms with Crippen molar-refractivity contribution in [1.82, 2.24) is 15.1 Å². The summed E-state index contributed by atoms with van der Waals surface area (Å²) in [5, 5.41) is 7.82. The van der Waals surface area contributed by atoms with Gasteiger partial charge in [0.2, 0.25) is 0 Å². The Kier molecular flexibility index (Phi) is 6.60. The standard InChI is InChI=1S/C24H30FN3O4/c1-3-19-21-20(14-24(15-26-22(21)29)7-11-31-12-8-24)28(27-19)9-4-10-32-23(30)17-6-5-16(2)18(25)13-17/h5-6,13H,3-4,7-12,14-15H2,1-2H3,(H,26,29). The van der Waals surface area contributed by atoms with Crippen molar-refractivity contribution < 1.29 is 23.5 Å². The first-order valence-electron chi connectivity index (χ1n) is 11.3. The molecule has 3 heterocycles. The molecule has 0 bridgehead atoms. The molecule has 8 heteroatoms. The van der Waals surface area contributed by atoms with Crippen LogP contribution in [0.4, 0.5) is 4.39 Å². The van der Waals surface area contributed by atoms with E-state index in [1.165, 1.54) is 6.07 Å². The number of halogens is 1. The van der Waals surface area contributed by atoms with Crippen LogP contribution in [0.3, 0.4) is 0 Å². The highest BCUT2D eigenvalue weighted by Gasteiger charge is 2.39. The topological polar surface area (TPSA) is 82.5 Å². The normalized spacial score (nSPS) is 17.5. The average molecular weight is 444 g/mol. The summed E-state index contributed by atoms with van der Waals surface area (Å²) in [5.74, 6) is -1.02. The van der Waals surface area contributed by atoms with Gasteiger partial charge >= 0.3 is 5.97 Å². The van der Waals surface area contributed by atoms with E-state index in [1.807, 2.05) is 11.6 Å². The molecule has 0 saturated carbocycles. The summed E-state index contributed by atoms with van der Waals surface area (Å²) in [6, 6.07) is 4.33. The first-order valence-corrected chi connectivity index (χ1v) is 11.3. The zero-order valence-electron chi connectivity index (χ0n) is 18.7. The zero-order chi connectivity index (χ0) is 22.7. The fraction of sp³-hybridized carbons (Fsp3) is 0.542. The quantitative estimate of drug-likeness (QED) is 0.548. The zero-order valence-corrected chi connectivity index (χ0v) is 18.7. The number of nitrogens with zero attached hydrogens (tertiary/aromatic N) is 2. The number of aromatic nitrogens is 2. The van der Waals surface area contributed by atoms with Gasteiger partial charge in [-0.05, 0) is 55.7 Å². The number of hydrogen-bond acceptors (Lipinski definition) is 5. The third-order valence-electron chi connectivity index (χ3n) is 6.57. The van der Waals surface area contributed by atoms with Crippen LogP contribution < -0.4 is 5.32 Å². The molecule has 4 rings (SSSR count). The third-order valence-corrected chi connectivity index (χ3v) is 6.57. The molecule has 2 aliphatic heterocycles. The molecule has 1 aromatic carbocycles. The second-order valence-electron chi connectivity index (χ2n) is 8.77. The number of benzene rings is 1. The Morgan fingerprint density at radius 1 is 1.34 bits per heavy atom. The van der Waals surface area contributed by atoms with Crippen molar-refractivity contribution >= 4 is 11.9 Å². The molecule has 172 valence electrons. The summed E-state index contributed by atoms with van der Waals surface area (Å²) in [6.07, 6.45) is 3.82. The molecule has 2 aliphatic rings. The second-order valence-corrected chi connectivity index (χ2v) is 8.77. The van der Waals surface area contributed by atoms with Crippen molar-refractivity contribution in [3.63, 3.8) is 0 Å². The SMILES string of the molecule is CCc1nn(CCCOC(=O)c2ccc(C)c(F)c2)c2c1C(=O)NCC1(CCOCC1)C2. The fourth-order valence-electron chi connectivity index (χ4n) is 4.54. The number of carbonyl (C=O) groups is 2. The fourth-order valence-corrected chi connectivity index (χ4v) is 4.54.